The fraction of sp³-hybridized carbons (Fsp3) is 1.00. The first-order valence-electron chi connectivity index (χ1n) is 2.78. The SMILES string of the molecule is CC(C)CCN(O)O. The molecule has 50 valence electrons. The lowest BCUT2D eigenvalue weighted by Gasteiger charge is -2.06. The molecular formula is C5H13NO2. The zero-order chi connectivity index (χ0) is 6.57. The van der Waals surface area contributed by atoms with Gasteiger partial charge < -0.3 is 0 Å². The van der Waals surface area contributed by atoms with Crippen molar-refractivity contribution in [3.63, 3.8) is 0 Å². The number of hydrogen-bond acceptors (Lipinski definition) is 3. The standard InChI is InChI=1S/C5H13NO2/c1-5(2)3-4-6(7)8/h5,7-8H,3-4H2,1-2H3. The zero-order valence-corrected chi connectivity index (χ0v) is 5.33. The van der Waals surface area contributed by atoms with Crippen molar-refractivity contribution in [2.45, 2.75) is 20.3 Å². The fourth-order valence-corrected chi connectivity index (χ4v) is 0.374. The van der Waals surface area contributed by atoms with Gasteiger partial charge in [-0.15, -0.1) is 0 Å². The molecule has 3 nitrogen and oxygen atoms in total. The average molecular weight is 119 g/mol. The summed E-state index contributed by atoms with van der Waals surface area (Å²) in [6.07, 6.45) is 0.812. The number of hydroxylamine groups is 2. The van der Waals surface area contributed by atoms with E-state index in [-0.39, 0.29) is 5.23 Å². The molecule has 0 radical (unpaired) electrons. The van der Waals surface area contributed by atoms with Crippen LogP contribution in [0.5, 0.6) is 0 Å². The third-order valence-electron chi connectivity index (χ3n) is 0.906. The number of hydrogen-bond donors (Lipinski definition) is 2. The Bertz CT molecular complexity index is 46.4. The van der Waals surface area contributed by atoms with E-state index in [1.54, 1.807) is 0 Å². The highest BCUT2D eigenvalue weighted by Gasteiger charge is 1.95. The Labute approximate surface area is 49.5 Å². The van der Waals surface area contributed by atoms with Crippen LogP contribution in [0.1, 0.15) is 20.3 Å². The largest absolute Gasteiger partial charge is 0.290 e. The zero-order valence-electron chi connectivity index (χ0n) is 5.33. The lowest BCUT2D eigenvalue weighted by molar-refractivity contribution is -0.307. The summed E-state index contributed by atoms with van der Waals surface area (Å²) in [4.78, 5) is 0. The molecule has 0 fully saturated rings. The van der Waals surface area contributed by atoms with E-state index in [0.717, 1.165) is 6.42 Å². The molecule has 0 saturated heterocycles. The number of rotatable bonds is 3. The van der Waals surface area contributed by atoms with Gasteiger partial charge in [0.15, 0.2) is 0 Å². The van der Waals surface area contributed by atoms with Gasteiger partial charge in [0.2, 0.25) is 0 Å². The summed E-state index contributed by atoms with van der Waals surface area (Å²) in [5, 5.41) is 16.6. The molecule has 0 unspecified atom stereocenters. The van der Waals surface area contributed by atoms with Gasteiger partial charge in [-0.3, -0.25) is 10.4 Å². The van der Waals surface area contributed by atoms with Gasteiger partial charge in [-0.2, -0.15) is 0 Å². The minimum absolute atomic E-state index is 0.222. The van der Waals surface area contributed by atoms with E-state index in [1.165, 1.54) is 0 Å². The average Bonchev–Trinajstić information content (AvgIpc) is 1.61. The van der Waals surface area contributed by atoms with Crippen molar-refractivity contribution in [3.8, 4) is 0 Å². The van der Waals surface area contributed by atoms with E-state index >= 15 is 0 Å². The molecule has 3 heteroatoms. The van der Waals surface area contributed by atoms with Crippen molar-refractivity contribution in [1.82, 2.24) is 5.23 Å². The van der Waals surface area contributed by atoms with Crippen LogP contribution in [0.4, 0.5) is 0 Å². The van der Waals surface area contributed by atoms with Crippen molar-refractivity contribution < 1.29 is 10.4 Å². The minimum Gasteiger partial charge on any atom is -0.290 e. The van der Waals surface area contributed by atoms with Crippen LogP contribution < -0.4 is 0 Å². The molecule has 0 aliphatic carbocycles. The van der Waals surface area contributed by atoms with Crippen molar-refractivity contribution in [2.75, 3.05) is 6.54 Å². The van der Waals surface area contributed by atoms with Gasteiger partial charge >= 0.3 is 0 Å². The normalized spacial score (nSPS) is 11.2. The Kier molecular flexibility index (Phi) is 3.77. The van der Waals surface area contributed by atoms with Crippen LogP contribution in [0.25, 0.3) is 0 Å². The molecule has 0 saturated carbocycles. The Balaban J connectivity index is 2.93. The maximum absolute atomic E-state index is 8.19. The summed E-state index contributed by atoms with van der Waals surface area (Å²) >= 11 is 0. The van der Waals surface area contributed by atoms with Gasteiger partial charge in [-0.1, -0.05) is 19.1 Å². The first-order valence-corrected chi connectivity index (χ1v) is 2.78. The number of nitrogens with zero attached hydrogens (tertiary/aromatic N) is 1. The molecule has 0 amide bonds. The Hall–Kier alpha value is -0.120. The van der Waals surface area contributed by atoms with Crippen molar-refractivity contribution in [2.24, 2.45) is 5.92 Å². The molecule has 0 aliphatic heterocycles. The summed E-state index contributed by atoms with van der Waals surface area (Å²) in [6.45, 7) is 4.39. The maximum Gasteiger partial charge on any atom is 0.0515 e. The van der Waals surface area contributed by atoms with E-state index in [0.29, 0.717) is 12.5 Å². The molecule has 0 aromatic rings. The Morgan fingerprint density at radius 2 is 1.88 bits per heavy atom. The molecule has 0 aromatic carbocycles. The van der Waals surface area contributed by atoms with Crippen LogP contribution >= 0.6 is 0 Å². The van der Waals surface area contributed by atoms with Gasteiger partial charge in [-0.05, 0) is 12.3 Å². The molecule has 0 heterocycles. The van der Waals surface area contributed by atoms with Crippen LogP contribution in [0.2, 0.25) is 0 Å². The van der Waals surface area contributed by atoms with E-state index < -0.39 is 0 Å². The second kappa shape index (κ2) is 3.83. The predicted octanol–water partition coefficient (Wildman–Crippen LogP) is 1.11. The maximum atomic E-state index is 8.19. The molecule has 0 aromatic heterocycles. The summed E-state index contributed by atoms with van der Waals surface area (Å²) in [7, 11) is 0. The third-order valence-corrected chi connectivity index (χ3v) is 0.906. The van der Waals surface area contributed by atoms with Crippen LogP contribution in [0, 0.1) is 5.92 Å². The van der Waals surface area contributed by atoms with Crippen molar-refractivity contribution in [3.05, 3.63) is 0 Å². The van der Waals surface area contributed by atoms with Crippen molar-refractivity contribution >= 4 is 0 Å². The second-order valence-electron chi connectivity index (χ2n) is 2.28. The lowest BCUT2D eigenvalue weighted by atomic mass is 10.1. The predicted molar refractivity (Wildman–Crippen MR) is 29.7 cm³/mol. The smallest absolute Gasteiger partial charge is 0.0515 e. The highest BCUT2D eigenvalue weighted by molar-refractivity contribution is 4.42. The molecule has 0 spiro atoms. The third kappa shape index (κ3) is 5.88. The van der Waals surface area contributed by atoms with Crippen LogP contribution in [-0.2, 0) is 0 Å². The Morgan fingerprint density at radius 3 is 2.00 bits per heavy atom. The van der Waals surface area contributed by atoms with Gasteiger partial charge in [-0.25, -0.2) is 0 Å². The van der Waals surface area contributed by atoms with E-state index in [2.05, 4.69) is 0 Å². The van der Waals surface area contributed by atoms with E-state index in [4.69, 9.17) is 10.4 Å². The second-order valence-corrected chi connectivity index (χ2v) is 2.28. The molecule has 8 heavy (non-hydrogen) atoms. The summed E-state index contributed by atoms with van der Waals surface area (Å²) in [5.74, 6) is 0.525. The molecule has 2 N–H and O–H groups in total. The first kappa shape index (κ1) is 7.88. The van der Waals surface area contributed by atoms with Gasteiger partial charge in [0.05, 0.1) is 6.54 Å². The van der Waals surface area contributed by atoms with Gasteiger partial charge in [0, 0.05) is 0 Å². The van der Waals surface area contributed by atoms with Crippen LogP contribution in [-0.4, -0.2) is 22.2 Å². The topological polar surface area (TPSA) is 43.7 Å². The molecular weight excluding hydrogens is 106 g/mol. The van der Waals surface area contributed by atoms with E-state index in [1.807, 2.05) is 13.8 Å². The van der Waals surface area contributed by atoms with Crippen molar-refractivity contribution in [1.29, 1.82) is 0 Å². The minimum atomic E-state index is 0.222. The lowest BCUT2D eigenvalue weighted by Crippen LogP contribution is -2.16. The molecule has 0 atom stereocenters. The van der Waals surface area contributed by atoms with E-state index in [9.17, 15) is 0 Å². The van der Waals surface area contributed by atoms with Crippen LogP contribution in [0.15, 0.2) is 0 Å². The van der Waals surface area contributed by atoms with Gasteiger partial charge in [0.1, 0.15) is 0 Å². The first-order chi connectivity index (χ1) is 3.63. The highest BCUT2D eigenvalue weighted by atomic mass is 16.8. The molecule has 0 rings (SSSR count). The summed E-state index contributed by atoms with van der Waals surface area (Å²) in [5.41, 5.74) is 0. The Morgan fingerprint density at radius 1 is 1.38 bits per heavy atom. The van der Waals surface area contributed by atoms with Gasteiger partial charge in [0.25, 0.3) is 0 Å². The highest BCUT2D eigenvalue weighted by Crippen LogP contribution is 1.97. The molecule has 0 bridgehead atoms. The van der Waals surface area contributed by atoms with Crippen LogP contribution in [0.3, 0.4) is 0 Å². The quantitative estimate of drug-likeness (QED) is 0.547. The fourth-order valence-electron chi connectivity index (χ4n) is 0.374. The molecule has 0 aliphatic rings. The monoisotopic (exact) mass is 119 g/mol. The summed E-state index contributed by atoms with van der Waals surface area (Å²) < 4.78 is 0. The summed E-state index contributed by atoms with van der Waals surface area (Å²) in [6, 6.07) is 0.